The SMILES string of the molecule is [C-]#[N+]CN(CC)CC#N. The molecule has 0 heterocycles. The molecular formula is C6H9N3. The molecule has 0 rings (SSSR count). The van der Waals surface area contributed by atoms with Gasteiger partial charge in [-0.25, -0.2) is 11.5 Å². The Balaban J connectivity index is 3.47. The summed E-state index contributed by atoms with van der Waals surface area (Å²) < 4.78 is 0. The molecule has 0 atom stereocenters. The van der Waals surface area contributed by atoms with Crippen LogP contribution in [0.1, 0.15) is 6.92 Å². The minimum atomic E-state index is 0.337. The van der Waals surface area contributed by atoms with Crippen LogP contribution < -0.4 is 0 Å². The highest BCUT2D eigenvalue weighted by Gasteiger charge is 2.00. The number of hydrogen-bond donors (Lipinski definition) is 0. The van der Waals surface area contributed by atoms with Crippen molar-refractivity contribution in [2.75, 3.05) is 19.8 Å². The average molecular weight is 123 g/mol. The summed E-state index contributed by atoms with van der Waals surface area (Å²) in [7, 11) is 0. The van der Waals surface area contributed by atoms with Crippen LogP contribution in [0.2, 0.25) is 0 Å². The molecule has 3 heteroatoms. The Morgan fingerprint density at radius 1 is 1.78 bits per heavy atom. The summed E-state index contributed by atoms with van der Waals surface area (Å²) in [5, 5.41) is 8.20. The van der Waals surface area contributed by atoms with Gasteiger partial charge >= 0.3 is 0 Å². The van der Waals surface area contributed by atoms with Gasteiger partial charge in [-0.1, -0.05) is 6.92 Å². The minimum Gasteiger partial charge on any atom is -0.299 e. The number of hydrogen-bond acceptors (Lipinski definition) is 2. The third-order valence-corrected chi connectivity index (χ3v) is 1.01. The van der Waals surface area contributed by atoms with Crippen LogP contribution in [0.25, 0.3) is 4.85 Å². The molecule has 0 aliphatic carbocycles. The lowest BCUT2D eigenvalue weighted by Gasteiger charge is -2.06. The van der Waals surface area contributed by atoms with E-state index in [1.54, 1.807) is 4.90 Å². The van der Waals surface area contributed by atoms with E-state index < -0.39 is 0 Å². The van der Waals surface area contributed by atoms with Crippen molar-refractivity contribution in [2.24, 2.45) is 0 Å². The fourth-order valence-electron chi connectivity index (χ4n) is 0.462. The first-order valence-corrected chi connectivity index (χ1v) is 2.77. The summed E-state index contributed by atoms with van der Waals surface area (Å²) in [6.07, 6.45) is 0. The van der Waals surface area contributed by atoms with Crippen molar-refractivity contribution in [3.05, 3.63) is 11.4 Å². The Morgan fingerprint density at radius 2 is 2.44 bits per heavy atom. The van der Waals surface area contributed by atoms with E-state index in [1.807, 2.05) is 13.0 Å². The van der Waals surface area contributed by atoms with E-state index in [0.29, 0.717) is 13.2 Å². The molecule has 0 aromatic rings. The van der Waals surface area contributed by atoms with Crippen LogP contribution in [0.3, 0.4) is 0 Å². The first kappa shape index (κ1) is 7.94. The molecule has 0 aromatic carbocycles. The maximum absolute atomic E-state index is 8.20. The molecule has 0 spiro atoms. The van der Waals surface area contributed by atoms with E-state index in [2.05, 4.69) is 4.85 Å². The van der Waals surface area contributed by atoms with Crippen molar-refractivity contribution >= 4 is 0 Å². The van der Waals surface area contributed by atoms with Crippen molar-refractivity contribution in [2.45, 2.75) is 6.92 Å². The van der Waals surface area contributed by atoms with Crippen LogP contribution in [0.4, 0.5) is 0 Å². The third kappa shape index (κ3) is 3.52. The van der Waals surface area contributed by atoms with Crippen molar-refractivity contribution in [3.63, 3.8) is 0 Å². The summed E-state index contributed by atoms with van der Waals surface area (Å²) in [5.74, 6) is 0. The van der Waals surface area contributed by atoms with E-state index in [1.165, 1.54) is 0 Å². The van der Waals surface area contributed by atoms with E-state index in [0.717, 1.165) is 6.54 Å². The fourth-order valence-corrected chi connectivity index (χ4v) is 0.462. The zero-order valence-corrected chi connectivity index (χ0v) is 5.46. The normalized spacial score (nSPS) is 8.44. The lowest BCUT2D eigenvalue weighted by atomic mass is 10.5. The standard InChI is InChI=1S/C6H9N3/c1-3-9(5-4-7)6-8-2/h3,5-6H2,1H3. The van der Waals surface area contributed by atoms with Gasteiger partial charge in [0.05, 0.1) is 12.6 Å². The van der Waals surface area contributed by atoms with Gasteiger partial charge in [-0.15, -0.1) is 0 Å². The van der Waals surface area contributed by atoms with Gasteiger partial charge < -0.3 is 0 Å². The highest BCUT2D eigenvalue weighted by molar-refractivity contribution is 4.77. The summed E-state index contributed by atoms with van der Waals surface area (Å²) in [6, 6.07) is 1.99. The zero-order valence-electron chi connectivity index (χ0n) is 5.46. The van der Waals surface area contributed by atoms with E-state index in [-0.39, 0.29) is 0 Å². The van der Waals surface area contributed by atoms with Gasteiger partial charge in [0.1, 0.15) is 0 Å². The van der Waals surface area contributed by atoms with Crippen molar-refractivity contribution < 1.29 is 0 Å². The second-order valence-electron chi connectivity index (χ2n) is 1.60. The highest BCUT2D eigenvalue weighted by atomic mass is 15.2. The summed E-state index contributed by atoms with van der Waals surface area (Å²) in [4.78, 5) is 4.92. The summed E-state index contributed by atoms with van der Waals surface area (Å²) >= 11 is 0. The van der Waals surface area contributed by atoms with Crippen LogP contribution in [0.5, 0.6) is 0 Å². The number of rotatable bonds is 3. The Hall–Kier alpha value is -1.06. The van der Waals surface area contributed by atoms with Crippen LogP contribution in [-0.4, -0.2) is 24.7 Å². The van der Waals surface area contributed by atoms with Gasteiger partial charge in [0.2, 0.25) is 0 Å². The van der Waals surface area contributed by atoms with Gasteiger partial charge in [-0.05, 0) is 0 Å². The zero-order chi connectivity index (χ0) is 7.11. The lowest BCUT2D eigenvalue weighted by molar-refractivity contribution is 0.357. The quantitative estimate of drug-likeness (QED) is 0.409. The molecule has 48 valence electrons. The molecule has 3 nitrogen and oxygen atoms in total. The lowest BCUT2D eigenvalue weighted by Crippen LogP contribution is -2.22. The van der Waals surface area contributed by atoms with E-state index >= 15 is 0 Å². The molecular weight excluding hydrogens is 114 g/mol. The van der Waals surface area contributed by atoms with Gasteiger partial charge in [-0.3, -0.25) is 4.85 Å². The minimum absolute atomic E-state index is 0.337. The maximum atomic E-state index is 8.20. The van der Waals surface area contributed by atoms with Crippen LogP contribution in [0.15, 0.2) is 0 Å². The van der Waals surface area contributed by atoms with Gasteiger partial charge in [0.25, 0.3) is 6.67 Å². The van der Waals surface area contributed by atoms with Crippen molar-refractivity contribution in [3.8, 4) is 6.07 Å². The molecule has 0 aliphatic rings. The van der Waals surface area contributed by atoms with Gasteiger partial charge in [-0.2, -0.15) is 5.26 Å². The molecule has 0 amide bonds. The van der Waals surface area contributed by atoms with Crippen LogP contribution in [-0.2, 0) is 0 Å². The molecule has 0 bridgehead atoms. The first-order valence-electron chi connectivity index (χ1n) is 2.77. The largest absolute Gasteiger partial charge is 0.299 e. The van der Waals surface area contributed by atoms with Gasteiger partial charge in [0, 0.05) is 6.54 Å². The first-order chi connectivity index (χ1) is 4.35. The van der Waals surface area contributed by atoms with Crippen molar-refractivity contribution in [1.29, 1.82) is 5.26 Å². The third-order valence-electron chi connectivity index (χ3n) is 1.01. The van der Waals surface area contributed by atoms with Crippen molar-refractivity contribution in [1.82, 2.24) is 4.90 Å². The number of nitriles is 1. The second kappa shape index (κ2) is 5.08. The van der Waals surface area contributed by atoms with E-state index in [4.69, 9.17) is 11.8 Å². The van der Waals surface area contributed by atoms with Gasteiger partial charge in [0.15, 0.2) is 0 Å². The summed E-state index contributed by atoms with van der Waals surface area (Å²) in [5.41, 5.74) is 0. The predicted molar refractivity (Wildman–Crippen MR) is 34.3 cm³/mol. The fraction of sp³-hybridized carbons (Fsp3) is 0.667. The van der Waals surface area contributed by atoms with Crippen LogP contribution in [0, 0.1) is 17.9 Å². The topological polar surface area (TPSA) is 31.4 Å². The molecule has 9 heavy (non-hydrogen) atoms. The van der Waals surface area contributed by atoms with Crippen LogP contribution >= 0.6 is 0 Å². The number of nitrogens with zero attached hydrogens (tertiary/aromatic N) is 3. The predicted octanol–water partition coefficient (Wildman–Crippen LogP) is 0.709. The Labute approximate surface area is 55.3 Å². The molecule has 0 fully saturated rings. The molecule has 0 aromatic heterocycles. The Kier molecular flexibility index (Phi) is 4.49. The summed E-state index contributed by atoms with van der Waals surface area (Å²) in [6.45, 7) is 9.89. The molecule has 0 N–H and O–H groups in total. The second-order valence-corrected chi connectivity index (χ2v) is 1.60. The molecule has 0 radical (unpaired) electrons. The monoisotopic (exact) mass is 123 g/mol. The smallest absolute Gasteiger partial charge is 0.271 e. The average Bonchev–Trinajstić information content (AvgIpc) is 1.88. The molecule has 0 saturated carbocycles. The Bertz CT molecular complexity index is 123. The molecule has 0 aliphatic heterocycles. The Morgan fingerprint density at radius 3 is 2.78 bits per heavy atom. The maximum Gasteiger partial charge on any atom is 0.271 e. The van der Waals surface area contributed by atoms with E-state index in [9.17, 15) is 0 Å². The highest BCUT2D eigenvalue weighted by Crippen LogP contribution is 1.84. The molecule has 0 saturated heterocycles. The molecule has 0 unspecified atom stereocenters.